The maximum absolute atomic E-state index is 14.0. The summed E-state index contributed by atoms with van der Waals surface area (Å²) in [6.45, 7) is 2.34. The number of aryl methyl sites for hydroxylation is 2. The van der Waals surface area contributed by atoms with E-state index in [1.165, 1.54) is 25.4 Å². The van der Waals surface area contributed by atoms with Crippen LogP contribution < -0.4 is 9.46 Å². The average Bonchev–Trinajstić information content (AvgIpc) is 3.64. The van der Waals surface area contributed by atoms with Crippen molar-refractivity contribution in [2.45, 2.75) is 44.6 Å². The minimum Gasteiger partial charge on any atom is -0.495 e. The molecule has 1 aliphatic rings. The maximum Gasteiger partial charge on any atom is 0.303 e. The van der Waals surface area contributed by atoms with Crippen LogP contribution in [0.25, 0.3) is 0 Å². The highest BCUT2D eigenvalue weighted by atomic mass is 35.5. The Morgan fingerprint density at radius 2 is 1.95 bits per heavy atom. The van der Waals surface area contributed by atoms with Gasteiger partial charge in [-0.15, -0.1) is 11.3 Å². The Labute approximate surface area is 243 Å². The van der Waals surface area contributed by atoms with Crippen LogP contribution in [-0.2, 0) is 33.4 Å². The molecule has 214 valence electrons. The lowest BCUT2D eigenvalue weighted by Crippen LogP contribution is -2.40. The molecular formula is C27H32ClN5O5S2. The number of carbonyl (C=O) groups excluding carboxylic acids is 2. The summed E-state index contributed by atoms with van der Waals surface area (Å²) in [5, 5.41) is 1.20. The van der Waals surface area contributed by atoms with Gasteiger partial charge in [-0.25, -0.2) is 9.71 Å². The summed E-state index contributed by atoms with van der Waals surface area (Å²) in [6.07, 6.45) is 4.40. The molecule has 0 radical (unpaired) electrons. The second-order valence-electron chi connectivity index (χ2n) is 9.86. The number of hydrogen-bond acceptors (Lipinski definition) is 8. The molecule has 2 aromatic heterocycles. The van der Waals surface area contributed by atoms with Crippen molar-refractivity contribution in [3.63, 3.8) is 0 Å². The van der Waals surface area contributed by atoms with Crippen LogP contribution in [0.15, 0.2) is 42.6 Å². The second kappa shape index (κ2) is 12.2. The SMILES string of the molecule is COc1ccc(C2(C(=O)N(CCCc3cccc(Cl)c3)Cc3nc(C(=O)NS(=O)(=O)N(C)C)c(C)s3)CC2)nc1. The second-order valence-corrected chi connectivity index (χ2v) is 13.5. The number of ether oxygens (including phenoxy) is 1. The van der Waals surface area contributed by atoms with E-state index in [2.05, 4.69) is 9.97 Å². The molecule has 1 N–H and O–H groups in total. The van der Waals surface area contributed by atoms with Crippen LogP contribution in [-0.4, -0.2) is 67.2 Å². The van der Waals surface area contributed by atoms with Crippen molar-refractivity contribution in [3.05, 3.63) is 74.5 Å². The van der Waals surface area contributed by atoms with Crippen LogP contribution in [0.3, 0.4) is 0 Å². The summed E-state index contributed by atoms with van der Waals surface area (Å²) in [5.41, 5.74) is 1.08. The van der Waals surface area contributed by atoms with E-state index < -0.39 is 21.5 Å². The largest absolute Gasteiger partial charge is 0.495 e. The molecule has 1 aromatic carbocycles. The van der Waals surface area contributed by atoms with Crippen molar-refractivity contribution in [1.82, 2.24) is 23.9 Å². The number of carbonyl (C=O) groups is 2. The Hall–Kier alpha value is -3.06. The molecule has 1 fully saturated rings. The third-order valence-corrected chi connectivity index (χ3v) is 9.37. The van der Waals surface area contributed by atoms with Crippen molar-refractivity contribution >= 4 is 45.0 Å². The zero-order valence-electron chi connectivity index (χ0n) is 22.8. The highest BCUT2D eigenvalue weighted by Crippen LogP contribution is 2.49. The van der Waals surface area contributed by atoms with Crippen LogP contribution in [0.2, 0.25) is 5.02 Å². The first-order chi connectivity index (χ1) is 18.9. The summed E-state index contributed by atoms with van der Waals surface area (Å²) in [4.78, 5) is 38.0. The number of amides is 2. The molecule has 0 bridgehead atoms. The maximum atomic E-state index is 14.0. The minimum absolute atomic E-state index is 0.0229. The molecule has 0 aliphatic heterocycles. The van der Waals surface area contributed by atoms with E-state index in [0.29, 0.717) is 52.2 Å². The van der Waals surface area contributed by atoms with Crippen molar-refractivity contribution in [3.8, 4) is 5.75 Å². The zero-order chi connectivity index (χ0) is 29.1. The van der Waals surface area contributed by atoms with Crippen LogP contribution in [0.4, 0.5) is 0 Å². The fourth-order valence-electron chi connectivity index (χ4n) is 4.36. The summed E-state index contributed by atoms with van der Waals surface area (Å²) >= 11 is 7.40. The Morgan fingerprint density at radius 1 is 1.20 bits per heavy atom. The number of methoxy groups -OCH3 is 1. The number of aromatic nitrogens is 2. The number of benzene rings is 1. The molecule has 1 saturated carbocycles. The fourth-order valence-corrected chi connectivity index (χ4v) is 6.03. The van der Waals surface area contributed by atoms with Gasteiger partial charge in [-0.2, -0.15) is 12.7 Å². The summed E-state index contributed by atoms with van der Waals surface area (Å²) < 4.78 is 32.4. The van der Waals surface area contributed by atoms with Gasteiger partial charge in [0, 0.05) is 30.5 Å². The first-order valence-corrected chi connectivity index (χ1v) is 15.3. The number of pyridine rings is 1. The van der Waals surface area contributed by atoms with Crippen LogP contribution >= 0.6 is 22.9 Å². The molecule has 0 atom stereocenters. The average molecular weight is 606 g/mol. The minimum atomic E-state index is -3.97. The van der Waals surface area contributed by atoms with E-state index in [0.717, 1.165) is 16.3 Å². The predicted octanol–water partition coefficient (Wildman–Crippen LogP) is 3.74. The van der Waals surface area contributed by atoms with E-state index in [1.807, 2.05) is 35.1 Å². The standard InChI is InChI=1S/C27H32ClN5O5S2/c1-18-24(25(34)31-40(36,37)32(2)3)30-23(39-18)17-33(14-6-8-19-7-5-9-20(28)15-19)26(35)27(12-13-27)22-11-10-21(38-4)16-29-22/h5,7,9-11,15-16H,6,8,12-14,17H2,1-4H3,(H,31,34). The Bertz CT molecular complexity index is 1490. The van der Waals surface area contributed by atoms with E-state index in [9.17, 15) is 18.0 Å². The van der Waals surface area contributed by atoms with Crippen LogP contribution in [0.5, 0.6) is 5.75 Å². The van der Waals surface area contributed by atoms with Crippen LogP contribution in [0, 0.1) is 6.92 Å². The third kappa shape index (κ3) is 6.80. The van der Waals surface area contributed by atoms with Gasteiger partial charge in [-0.3, -0.25) is 14.6 Å². The van der Waals surface area contributed by atoms with E-state index in [4.69, 9.17) is 16.3 Å². The van der Waals surface area contributed by atoms with E-state index in [-0.39, 0.29) is 18.1 Å². The molecule has 0 spiro atoms. The van der Waals surface area contributed by atoms with Gasteiger partial charge < -0.3 is 9.64 Å². The van der Waals surface area contributed by atoms with Crippen LogP contribution in [0.1, 0.15) is 50.9 Å². The molecule has 4 rings (SSSR count). The highest BCUT2D eigenvalue weighted by molar-refractivity contribution is 7.87. The van der Waals surface area contributed by atoms with Gasteiger partial charge in [-0.05, 0) is 62.4 Å². The van der Waals surface area contributed by atoms with E-state index >= 15 is 0 Å². The summed E-state index contributed by atoms with van der Waals surface area (Å²) in [5.74, 6) is -0.246. The molecule has 0 unspecified atom stereocenters. The number of nitrogens with zero attached hydrogens (tertiary/aromatic N) is 4. The van der Waals surface area contributed by atoms with Gasteiger partial charge in [0.2, 0.25) is 5.91 Å². The van der Waals surface area contributed by atoms with Gasteiger partial charge in [0.1, 0.15) is 16.5 Å². The Morgan fingerprint density at radius 3 is 2.55 bits per heavy atom. The van der Waals surface area contributed by atoms with E-state index in [1.54, 1.807) is 31.2 Å². The quantitative estimate of drug-likeness (QED) is 0.334. The lowest BCUT2D eigenvalue weighted by atomic mass is 9.99. The molecule has 13 heteroatoms. The molecule has 10 nitrogen and oxygen atoms in total. The molecular weight excluding hydrogens is 574 g/mol. The predicted molar refractivity (Wildman–Crippen MR) is 154 cm³/mol. The molecule has 40 heavy (non-hydrogen) atoms. The lowest BCUT2D eigenvalue weighted by molar-refractivity contribution is -0.134. The number of hydrogen-bond donors (Lipinski definition) is 1. The molecule has 2 amide bonds. The number of halogens is 1. The molecule has 1 aliphatic carbocycles. The zero-order valence-corrected chi connectivity index (χ0v) is 25.2. The van der Waals surface area contributed by atoms with Crippen molar-refractivity contribution < 1.29 is 22.7 Å². The third-order valence-electron chi connectivity index (χ3n) is 6.78. The topological polar surface area (TPSA) is 122 Å². The van der Waals surface area contributed by atoms with Gasteiger partial charge in [0.05, 0.1) is 31.0 Å². The number of rotatable bonds is 12. The van der Waals surface area contributed by atoms with Gasteiger partial charge in [0.15, 0.2) is 0 Å². The van der Waals surface area contributed by atoms with Crippen molar-refractivity contribution in [2.75, 3.05) is 27.7 Å². The van der Waals surface area contributed by atoms with Gasteiger partial charge in [0.25, 0.3) is 5.91 Å². The summed E-state index contributed by atoms with van der Waals surface area (Å²) in [6, 6.07) is 11.3. The number of thiazole rings is 1. The highest BCUT2D eigenvalue weighted by Gasteiger charge is 2.54. The number of nitrogens with one attached hydrogen (secondary N) is 1. The van der Waals surface area contributed by atoms with Gasteiger partial charge in [-0.1, -0.05) is 23.7 Å². The molecule has 2 heterocycles. The first-order valence-electron chi connectivity index (χ1n) is 12.7. The van der Waals surface area contributed by atoms with Crippen molar-refractivity contribution in [2.24, 2.45) is 0 Å². The normalized spacial score (nSPS) is 14.2. The lowest BCUT2D eigenvalue weighted by Gasteiger charge is -2.27. The van der Waals surface area contributed by atoms with Gasteiger partial charge >= 0.3 is 10.2 Å². The smallest absolute Gasteiger partial charge is 0.303 e. The fraction of sp³-hybridized carbons (Fsp3) is 0.407. The Kier molecular flexibility index (Phi) is 9.13. The summed E-state index contributed by atoms with van der Waals surface area (Å²) in [7, 11) is 0.250. The Balaban J connectivity index is 1.56. The first kappa shape index (κ1) is 29.9. The monoisotopic (exact) mass is 605 g/mol. The molecule has 3 aromatic rings. The molecule has 0 saturated heterocycles. The van der Waals surface area contributed by atoms with Crippen molar-refractivity contribution in [1.29, 1.82) is 0 Å².